The molecule has 0 heterocycles. The molecule has 0 saturated heterocycles. The standard InChI is InChI=1S/C6H14O2.C6H6.2C2H4O2.C2H6.4CH4/c1-5(2,7)6(3,4)8;1-2-4-6-5-3-1;2*1-2(3)4;1-2;;;;/h7-8H,1-4H3;1-6H;2*1H3,(H,3,4);1-2H3;4*1H4. The van der Waals surface area contributed by atoms with E-state index in [4.69, 9.17) is 30.0 Å². The molecule has 0 aromatic heterocycles. The zero-order valence-electron chi connectivity index (χ0n) is 16.1. The van der Waals surface area contributed by atoms with E-state index in [2.05, 4.69) is 0 Å². The van der Waals surface area contributed by atoms with Gasteiger partial charge in [0.25, 0.3) is 11.9 Å². The van der Waals surface area contributed by atoms with E-state index in [0.717, 1.165) is 13.8 Å². The van der Waals surface area contributed by atoms with Gasteiger partial charge in [-0.25, -0.2) is 0 Å². The summed E-state index contributed by atoms with van der Waals surface area (Å²) >= 11 is 0. The second-order valence-electron chi connectivity index (χ2n) is 5.31. The van der Waals surface area contributed by atoms with Gasteiger partial charge in [-0.3, -0.25) is 9.59 Å². The van der Waals surface area contributed by atoms with Crippen molar-refractivity contribution in [3.63, 3.8) is 0 Å². The van der Waals surface area contributed by atoms with Gasteiger partial charge < -0.3 is 20.4 Å². The summed E-state index contributed by atoms with van der Waals surface area (Å²) in [6, 6.07) is 12.0. The minimum atomic E-state index is -1.01. The molecule has 0 radical (unpaired) electrons. The molecule has 6 heteroatoms. The first-order valence-electron chi connectivity index (χ1n) is 7.55. The van der Waals surface area contributed by atoms with Crippen LogP contribution in [0, 0.1) is 0 Å². The number of aliphatic carboxylic acids is 2. The van der Waals surface area contributed by atoms with Crippen LogP contribution in [0.3, 0.4) is 0 Å². The smallest absolute Gasteiger partial charge is 0.300 e. The summed E-state index contributed by atoms with van der Waals surface area (Å²) in [5.74, 6) is -1.67. The first kappa shape index (κ1) is 50.2. The van der Waals surface area contributed by atoms with Gasteiger partial charge in [0.05, 0.1) is 11.2 Å². The molecule has 1 aromatic rings. The minimum absolute atomic E-state index is 0. The van der Waals surface area contributed by atoms with Gasteiger partial charge in [0.1, 0.15) is 0 Å². The van der Waals surface area contributed by atoms with Gasteiger partial charge in [-0.1, -0.05) is 80.0 Å². The van der Waals surface area contributed by atoms with E-state index in [1.165, 1.54) is 0 Å². The summed E-state index contributed by atoms with van der Waals surface area (Å²) < 4.78 is 0. The fourth-order valence-electron chi connectivity index (χ4n) is 0.385. The number of hydrogen-bond acceptors (Lipinski definition) is 4. The lowest BCUT2D eigenvalue weighted by atomic mass is 9.90. The van der Waals surface area contributed by atoms with Gasteiger partial charge in [0.15, 0.2) is 0 Å². The van der Waals surface area contributed by atoms with Gasteiger partial charge in [0.2, 0.25) is 0 Å². The molecule has 1 aromatic carbocycles. The molecule has 28 heavy (non-hydrogen) atoms. The summed E-state index contributed by atoms with van der Waals surface area (Å²) in [5.41, 5.74) is -2.01. The Labute approximate surface area is 175 Å². The van der Waals surface area contributed by atoms with E-state index in [0.29, 0.717) is 0 Å². The quantitative estimate of drug-likeness (QED) is 0.453. The van der Waals surface area contributed by atoms with Gasteiger partial charge in [-0.15, -0.1) is 0 Å². The summed E-state index contributed by atoms with van der Waals surface area (Å²) in [7, 11) is 0. The van der Waals surface area contributed by atoms with Crippen LogP contribution in [0.4, 0.5) is 0 Å². The molecule has 6 nitrogen and oxygen atoms in total. The third-order valence-corrected chi connectivity index (χ3v) is 2.16. The average molecular weight is 411 g/mol. The van der Waals surface area contributed by atoms with Crippen molar-refractivity contribution in [1.82, 2.24) is 0 Å². The third kappa shape index (κ3) is 75.0. The Kier molecular flexibility index (Phi) is 53.5. The van der Waals surface area contributed by atoms with Crippen molar-refractivity contribution in [3.05, 3.63) is 36.4 Å². The fraction of sp³-hybridized carbons (Fsp3) is 0.636. The van der Waals surface area contributed by atoms with Crippen LogP contribution in [-0.4, -0.2) is 43.6 Å². The largest absolute Gasteiger partial charge is 0.481 e. The van der Waals surface area contributed by atoms with Crippen molar-refractivity contribution in [1.29, 1.82) is 0 Å². The lowest BCUT2D eigenvalue weighted by molar-refractivity contribution is -0.135. The maximum absolute atomic E-state index is 9.10. The summed E-state index contributed by atoms with van der Waals surface area (Å²) in [6.07, 6.45) is 0. The predicted molar refractivity (Wildman–Crippen MR) is 124 cm³/mol. The van der Waals surface area contributed by atoms with E-state index in [1.807, 2.05) is 50.2 Å². The van der Waals surface area contributed by atoms with E-state index in [9.17, 15) is 0 Å². The Hall–Kier alpha value is -1.92. The molecule has 0 aliphatic carbocycles. The molecular formula is C22H50O6. The highest BCUT2D eigenvalue weighted by atomic mass is 16.4. The number of carboxylic acids is 2. The normalized spacial score (nSPS) is 7.79. The van der Waals surface area contributed by atoms with Crippen molar-refractivity contribution in [2.75, 3.05) is 0 Å². The molecule has 0 unspecified atom stereocenters. The average Bonchev–Trinajstić information content (AvgIpc) is 2.40. The third-order valence-electron chi connectivity index (χ3n) is 2.16. The maximum atomic E-state index is 9.10. The topological polar surface area (TPSA) is 115 Å². The first-order chi connectivity index (χ1) is 10.7. The van der Waals surface area contributed by atoms with E-state index in [-0.39, 0.29) is 29.7 Å². The number of rotatable bonds is 1. The second-order valence-corrected chi connectivity index (χ2v) is 5.31. The van der Waals surface area contributed by atoms with Crippen LogP contribution < -0.4 is 0 Å². The zero-order valence-corrected chi connectivity index (χ0v) is 16.1. The van der Waals surface area contributed by atoms with Gasteiger partial charge in [0, 0.05) is 13.8 Å². The Balaban J connectivity index is -0.0000000304. The molecule has 0 aliphatic rings. The van der Waals surface area contributed by atoms with Crippen molar-refractivity contribution in [2.24, 2.45) is 0 Å². The highest BCUT2D eigenvalue weighted by molar-refractivity contribution is 5.63. The van der Waals surface area contributed by atoms with Crippen molar-refractivity contribution < 1.29 is 30.0 Å². The Morgan fingerprint density at radius 1 is 0.571 bits per heavy atom. The zero-order chi connectivity index (χ0) is 20.4. The number of hydrogen-bond donors (Lipinski definition) is 4. The van der Waals surface area contributed by atoms with Crippen LogP contribution in [-0.2, 0) is 9.59 Å². The molecule has 0 saturated carbocycles. The second kappa shape index (κ2) is 29.8. The molecule has 0 amide bonds. The highest BCUT2D eigenvalue weighted by Gasteiger charge is 2.31. The number of carbonyl (C=O) groups is 2. The van der Waals surface area contributed by atoms with Crippen molar-refractivity contribution >= 4 is 11.9 Å². The van der Waals surface area contributed by atoms with Gasteiger partial charge in [-0.2, -0.15) is 0 Å². The monoisotopic (exact) mass is 410 g/mol. The Morgan fingerprint density at radius 3 is 0.679 bits per heavy atom. The van der Waals surface area contributed by atoms with Gasteiger partial charge >= 0.3 is 0 Å². The lowest BCUT2D eigenvalue weighted by Gasteiger charge is -2.31. The fourth-order valence-corrected chi connectivity index (χ4v) is 0.385. The summed E-state index contributed by atoms with van der Waals surface area (Å²) in [4.78, 5) is 18.0. The van der Waals surface area contributed by atoms with Crippen LogP contribution in [0.2, 0.25) is 0 Å². The highest BCUT2D eigenvalue weighted by Crippen LogP contribution is 2.19. The predicted octanol–water partition coefficient (Wildman–Crippen LogP) is 5.97. The summed E-state index contributed by atoms with van der Waals surface area (Å²) in [6.45, 7) is 12.5. The number of benzene rings is 1. The van der Waals surface area contributed by atoms with Crippen LogP contribution in [0.25, 0.3) is 0 Å². The van der Waals surface area contributed by atoms with Crippen LogP contribution in [0.5, 0.6) is 0 Å². The minimum Gasteiger partial charge on any atom is -0.481 e. The van der Waals surface area contributed by atoms with Crippen LogP contribution >= 0.6 is 0 Å². The first-order valence-corrected chi connectivity index (χ1v) is 7.55. The van der Waals surface area contributed by atoms with Crippen LogP contribution in [0.1, 0.15) is 85.1 Å². The van der Waals surface area contributed by atoms with E-state index < -0.39 is 23.1 Å². The van der Waals surface area contributed by atoms with Crippen molar-refractivity contribution in [3.8, 4) is 0 Å². The molecule has 0 spiro atoms. The molecule has 0 bridgehead atoms. The van der Waals surface area contributed by atoms with E-state index >= 15 is 0 Å². The molecule has 4 N–H and O–H groups in total. The molecular weight excluding hydrogens is 360 g/mol. The number of aliphatic hydroxyl groups is 2. The lowest BCUT2D eigenvalue weighted by Crippen LogP contribution is -2.44. The maximum Gasteiger partial charge on any atom is 0.300 e. The molecule has 0 aliphatic heterocycles. The molecule has 174 valence electrons. The van der Waals surface area contributed by atoms with Crippen LogP contribution in [0.15, 0.2) is 36.4 Å². The molecule has 0 atom stereocenters. The molecule has 0 fully saturated rings. The Morgan fingerprint density at radius 2 is 0.643 bits per heavy atom. The SMILES string of the molecule is C.C.C.C.CC.CC(=O)O.CC(=O)O.CC(C)(O)C(C)(C)O.c1ccccc1. The summed E-state index contributed by atoms with van der Waals surface area (Å²) in [5, 5.41) is 33.0. The molecule has 1 rings (SSSR count). The van der Waals surface area contributed by atoms with E-state index in [1.54, 1.807) is 27.7 Å². The van der Waals surface area contributed by atoms with Crippen molar-refractivity contribution in [2.45, 2.75) is 96.3 Å². The Bertz CT molecular complexity index is 331. The number of carboxylic acid groups (broad SMARTS) is 2. The van der Waals surface area contributed by atoms with Gasteiger partial charge in [-0.05, 0) is 27.7 Å².